The maximum Gasteiger partial charge on any atom is 0.270 e. The Balaban J connectivity index is 1.52. The Hall–Kier alpha value is -1.69. The van der Waals surface area contributed by atoms with Gasteiger partial charge in [-0.1, -0.05) is 25.7 Å². The average molecular weight is 404 g/mol. The number of hydrogen-bond acceptors (Lipinski definition) is 3. The average Bonchev–Trinajstić information content (AvgIpc) is 2.62. The van der Waals surface area contributed by atoms with Crippen LogP contribution in [0.25, 0.3) is 5.65 Å². The topological polar surface area (TPSA) is 63.5 Å². The van der Waals surface area contributed by atoms with E-state index in [0.29, 0.717) is 5.65 Å². The van der Waals surface area contributed by atoms with E-state index in [-0.39, 0.29) is 23.1 Å². The number of carbonyl (C=O) groups is 1. The van der Waals surface area contributed by atoms with Crippen molar-refractivity contribution in [1.29, 1.82) is 0 Å². The summed E-state index contributed by atoms with van der Waals surface area (Å²) in [7, 11) is 0. The van der Waals surface area contributed by atoms with Gasteiger partial charge in [0.25, 0.3) is 11.5 Å². The number of halogens is 1. The molecule has 2 aromatic rings. The van der Waals surface area contributed by atoms with E-state index in [1.54, 1.807) is 12.3 Å². The van der Waals surface area contributed by atoms with Gasteiger partial charge in [-0.3, -0.25) is 14.0 Å². The van der Waals surface area contributed by atoms with Crippen LogP contribution in [0.3, 0.4) is 0 Å². The minimum Gasteiger partial charge on any atom is -0.349 e. The summed E-state index contributed by atoms with van der Waals surface area (Å²) < 4.78 is 2.19. The third-order valence-electron chi connectivity index (χ3n) is 5.79. The first kappa shape index (κ1) is 16.8. The zero-order valence-electron chi connectivity index (χ0n) is 14.1. The minimum atomic E-state index is -0.324. The fourth-order valence-corrected chi connectivity index (χ4v) is 4.81. The molecule has 1 amide bonds. The second kappa shape index (κ2) is 6.90. The van der Waals surface area contributed by atoms with Crippen LogP contribution in [-0.4, -0.2) is 21.3 Å². The number of fused-ring (bicyclic) bond motifs is 2. The lowest BCUT2D eigenvalue weighted by Crippen LogP contribution is -2.43. The molecule has 2 saturated carbocycles. The highest BCUT2D eigenvalue weighted by atomic mass is 79.9. The number of aromatic nitrogens is 2. The molecular weight excluding hydrogens is 382 g/mol. The normalized spacial score (nSPS) is 26.2. The molecule has 25 heavy (non-hydrogen) atoms. The van der Waals surface area contributed by atoms with Gasteiger partial charge in [0.2, 0.25) is 0 Å². The summed E-state index contributed by atoms with van der Waals surface area (Å²) in [6.07, 6.45) is 11.6. The van der Waals surface area contributed by atoms with Crippen LogP contribution in [0.15, 0.2) is 33.8 Å². The van der Waals surface area contributed by atoms with E-state index in [9.17, 15) is 9.59 Å². The molecule has 0 spiro atoms. The second-order valence-electron chi connectivity index (χ2n) is 7.34. The zero-order chi connectivity index (χ0) is 17.4. The molecule has 6 heteroatoms. The van der Waals surface area contributed by atoms with Gasteiger partial charge >= 0.3 is 0 Å². The van der Waals surface area contributed by atoms with Gasteiger partial charge in [0.05, 0.1) is 0 Å². The highest BCUT2D eigenvalue weighted by molar-refractivity contribution is 9.10. The molecule has 0 aromatic carbocycles. The summed E-state index contributed by atoms with van der Waals surface area (Å²) in [5.41, 5.74) is 0.323. The molecule has 0 aliphatic heterocycles. The van der Waals surface area contributed by atoms with E-state index >= 15 is 0 Å². The van der Waals surface area contributed by atoms with Gasteiger partial charge in [-0.25, -0.2) is 4.98 Å². The van der Waals surface area contributed by atoms with Crippen molar-refractivity contribution in [3.63, 3.8) is 0 Å². The minimum absolute atomic E-state index is 0.112. The Morgan fingerprint density at radius 3 is 2.80 bits per heavy atom. The Labute approximate surface area is 155 Å². The summed E-state index contributed by atoms with van der Waals surface area (Å²) >= 11 is 3.35. The van der Waals surface area contributed by atoms with Gasteiger partial charge < -0.3 is 5.32 Å². The van der Waals surface area contributed by atoms with Crippen molar-refractivity contribution in [1.82, 2.24) is 14.7 Å². The number of carbonyl (C=O) groups excluding carboxylic acids is 1. The maximum absolute atomic E-state index is 12.6. The van der Waals surface area contributed by atoms with Gasteiger partial charge in [0, 0.05) is 22.9 Å². The molecule has 0 saturated heterocycles. The smallest absolute Gasteiger partial charge is 0.270 e. The van der Waals surface area contributed by atoms with E-state index in [1.165, 1.54) is 42.7 Å². The van der Waals surface area contributed by atoms with Gasteiger partial charge in [0.15, 0.2) is 0 Å². The van der Waals surface area contributed by atoms with E-state index in [4.69, 9.17) is 0 Å². The first-order valence-corrected chi connectivity index (χ1v) is 9.89. The number of nitrogens with zero attached hydrogens (tertiary/aromatic N) is 2. The molecular formula is C19H22BrN3O2. The number of nitrogens with one attached hydrogen (secondary N) is 1. The summed E-state index contributed by atoms with van der Waals surface area (Å²) in [4.78, 5) is 29.5. The monoisotopic (exact) mass is 403 g/mol. The molecule has 1 N–H and O–H groups in total. The van der Waals surface area contributed by atoms with Crippen LogP contribution in [-0.2, 0) is 0 Å². The van der Waals surface area contributed by atoms with Crippen molar-refractivity contribution in [2.45, 2.75) is 51.0 Å². The lowest BCUT2D eigenvalue weighted by atomic mass is 9.69. The van der Waals surface area contributed by atoms with Gasteiger partial charge in [-0.05, 0) is 59.2 Å². The van der Waals surface area contributed by atoms with E-state index < -0.39 is 0 Å². The lowest BCUT2D eigenvalue weighted by Gasteiger charge is -2.39. The molecule has 2 aromatic heterocycles. The van der Waals surface area contributed by atoms with Crippen LogP contribution in [0, 0.1) is 11.8 Å². The van der Waals surface area contributed by atoms with Crippen molar-refractivity contribution in [3.05, 3.63) is 44.9 Å². The van der Waals surface area contributed by atoms with Crippen LogP contribution in [0.5, 0.6) is 0 Å². The SMILES string of the molecule is O=C(N[C@@H]1CC[C@H]2CCCC[C@@H]2C1)c1cnc2ccc(Br)cn2c1=O. The van der Waals surface area contributed by atoms with E-state index in [1.807, 2.05) is 6.07 Å². The first-order chi connectivity index (χ1) is 12.1. The number of pyridine rings is 1. The molecule has 4 rings (SSSR count). The molecule has 2 heterocycles. The van der Waals surface area contributed by atoms with E-state index in [2.05, 4.69) is 26.2 Å². The fourth-order valence-electron chi connectivity index (χ4n) is 4.47. The van der Waals surface area contributed by atoms with Crippen LogP contribution in [0.1, 0.15) is 55.3 Å². The maximum atomic E-state index is 12.6. The molecule has 2 aliphatic carbocycles. The Bertz CT molecular complexity index is 863. The first-order valence-electron chi connectivity index (χ1n) is 9.09. The molecule has 132 valence electrons. The molecule has 0 radical (unpaired) electrons. The summed E-state index contributed by atoms with van der Waals surface area (Å²) in [5, 5.41) is 3.08. The summed E-state index contributed by atoms with van der Waals surface area (Å²) in [6.45, 7) is 0. The zero-order valence-corrected chi connectivity index (χ0v) is 15.7. The Morgan fingerprint density at radius 2 is 1.96 bits per heavy atom. The molecule has 2 aliphatic rings. The number of hydrogen-bond donors (Lipinski definition) is 1. The van der Waals surface area contributed by atoms with Crippen molar-refractivity contribution < 1.29 is 4.79 Å². The van der Waals surface area contributed by atoms with Crippen LogP contribution >= 0.6 is 15.9 Å². The molecule has 0 bridgehead atoms. The largest absolute Gasteiger partial charge is 0.349 e. The summed E-state index contributed by atoms with van der Waals surface area (Å²) in [6, 6.07) is 3.75. The van der Waals surface area contributed by atoms with Crippen molar-refractivity contribution in [3.8, 4) is 0 Å². The molecule has 0 unspecified atom stereocenters. The van der Waals surface area contributed by atoms with E-state index in [0.717, 1.165) is 29.2 Å². The molecule has 3 atom stereocenters. The number of amides is 1. The van der Waals surface area contributed by atoms with Crippen molar-refractivity contribution in [2.75, 3.05) is 0 Å². The second-order valence-corrected chi connectivity index (χ2v) is 8.26. The molecule has 2 fully saturated rings. The lowest BCUT2D eigenvalue weighted by molar-refractivity contribution is 0.0877. The van der Waals surface area contributed by atoms with Gasteiger partial charge in [-0.15, -0.1) is 0 Å². The predicted molar refractivity (Wildman–Crippen MR) is 99.7 cm³/mol. The Morgan fingerprint density at radius 1 is 1.16 bits per heavy atom. The van der Waals surface area contributed by atoms with Gasteiger partial charge in [-0.2, -0.15) is 0 Å². The van der Waals surface area contributed by atoms with Crippen molar-refractivity contribution in [2.24, 2.45) is 11.8 Å². The van der Waals surface area contributed by atoms with Crippen molar-refractivity contribution >= 4 is 27.5 Å². The van der Waals surface area contributed by atoms with Crippen LogP contribution < -0.4 is 10.9 Å². The summed E-state index contributed by atoms with van der Waals surface area (Å²) in [5.74, 6) is 1.28. The number of rotatable bonds is 2. The predicted octanol–water partition coefficient (Wildman–Crippen LogP) is 3.55. The standard InChI is InChI=1S/C19H22BrN3O2/c20-14-6-8-17-21-10-16(19(25)23(17)11-14)18(24)22-15-7-5-12-3-1-2-4-13(12)9-15/h6,8,10-13,15H,1-5,7,9H2,(H,22,24)/t12-,13-,15-/m1/s1. The third-order valence-corrected chi connectivity index (χ3v) is 6.25. The quantitative estimate of drug-likeness (QED) is 0.833. The Kier molecular flexibility index (Phi) is 4.63. The molecule has 5 nitrogen and oxygen atoms in total. The van der Waals surface area contributed by atoms with Crippen LogP contribution in [0.2, 0.25) is 0 Å². The highest BCUT2D eigenvalue weighted by Gasteiger charge is 2.33. The van der Waals surface area contributed by atoms with Gasteiger partial charge in [0.1, 0.15) is 11.2 Å². The third kappa shape index (κ3) is 3.36. The fraction of sp³-hybridized carbons (Fsp3) is 0.526. The highest BCUT2D eigenvalue weighted by Crippen LogP contribution is 2.40. The van der Waals surface area contributed by atoms with Crippen LogP contribution in [0.4, 0.5) is 0 Å².